The highest BCUT2D eigenvalue weighted by Gasteiger charge is 2.19. The van der Waals surface area contributed by atoms with E-state index in [0.717, 1.165) is 17.8 Å². The van der Waals surface area contributed by atoms with Crippen molar-refractivity contribution >= 4 is 23.1 Å². The third-order valence-electron chi connectivity index (χ3n) is 3.06. The first-order valence-corrected chi connectivity index (χ1v) is 7.75. The van der Waals surface area contributed by atoms with Gasteiger partial charge in [0.2, 0.25) is 0 Å². The third kappa shape index (κ3) is 3.47. The molecule has 15 heavy (non-hydrogen) atoms. The number of hydrogen-bond acceptors (Lipinski definition) is 4. The monoisotopic (exact) mass is 242 g/mol. The van der Waals surface area contributed by atoms with Crippen LogP contribution in [0.25, 0.3) is 0 Å². The molecule has 0 atom stereocenters. The first-order valence-electron chi connectivity index (χ1n) is 5.51. The third-order valence-corrected chi connectivity index (χ3v) is 4.84. The van der Waals surface area contributed by atoms with Crippen LogP contribution in [0.2, 0.25) is 0 Å². The van der Waals surface area contributed by atoms with Crippen LogP contribution in [0.3, 0.4) is 0 Å². The van der Waals surface area contributed by atoms with Crippen LogP contribution in [0.4, 0.5) is 0 Å². The summed E-state index contributed by atoms with van der Waals surface area (Å²) in [5.74, 6) is 0. The van der Waals surface area contributed by atoms with Crippen molar-refractivity contribution in [2.75, 3.05) is 6.26 Å². The second-order valence-corrected chi connectivity index (χ2v) is 5.93. The van der Waals surface area contributed by atoms with Crippen LogP contribution >= 0.6 is 23.1 Å². The molecule has 1 fully saturated rings. The minimum absolute atomic E-state index is 0.718. The van der Waals surface area contributed by atoms with E-state index in [1.807, 2.05) is 17.3 Å². The lowest BCUT2D eigenvalue weighted by molar-refractivity contribution is 0.377. The smallest absolute Gasteiger partial charge is 0.0795 e. The summed E-state index contributed by atoms with van der Waals surface area (Å²) in [5, 5.41) is 6.63. The number of rotatable bonds is 4. The van der Waals surface area contributed by atoms with Gasteiger partial charge in [0.15, 0.2) is 0 Å². The van der Waals surface area contributed by atoms with Gasteiger partial charge in [0.05, 0.1) is 11.2 Å². The molecule has 2 rings (SSSR count). The number of nitrogens with zero attached hydrogens (tertiary/aromatic N) is 1. The summed E-state index contributed by atoms with van der Waals surface area (Å²) < 4.78 is 0. The van der Waals surface area contributed by atoms with Gasteiger partial charge in [-0.2, -0.15) is 11.8 Å². The summed E-state index contributed by atoms with van der Waals surface area (Å²) >= 11 is 3.70. The Labute approximate surface area is 99.9 Å². The Kier molecular flexibility index (Phi) is 4.47. The molecule has 0 aliphatic heterocycles. The molecule has 1 saturated carbocycles. The van der Waals surface area contributed by atoms with E-state index >= 15 is 0 Å². The fraction of sp³-hybridized carbons (Fsp3) is 0.727. The molecule has 84 valence electrons. The predicted molar refractivity (Wildman–Crippen MR) is 68.5 cm³/mol. The molecule has 0 unspecified atom stereocenters. The van der Waals surface area contributed by atoms with Gasteiger partial charge in [-0.05, 0) is 31.9 Å². The van der Waals surface area contributed by atoms with Crippen molar-refractivity contribution in [1.29, 1.82) is 0 Å². The van der Waals surface area contributed by atoms with E-state index in [1.165, 1.54) is 31.4 Å². The highest BCUT2D eigenvalue weighted by atomic mass is 32.2. The van der Waals surface area contributed by atoms with Crippen molar-refractivity contribution in [3.63, 3.8) is 0 Å². The lowest BCUT2D eigenvalue weighted by atomic mass is 9.95. The molecule has 1 aromatic heterocycles. The van der Waals surface area contributed by atoms with Gasteiger partial charge >= 0.3 is 0 Å². The molecule has 0 aromatic carbocycles. The van der Waals surface area contributed by atoms with E-state index in [1.54, 1.807) is 11.3 Å². The molecule has 0 saturated heterocycles. The van der Waals surface area contributed by atoms with Gasteiger partial charge in [-0.3, -0.25) is 0 Å². The highest BCUT2D eigenvalue weighted by Crippen LogP contribution is 2.26. The van der Waals surface area contributed by atoms with E-state index < -0.39 is 0 Å². The average molecular weight is 242 g/mol. The first-order chi connectivity index (χ1) is 7.38. The maximum absolute atomic E-state index is 4.28. The van der Waals surface area contributed by atoms with Crippen molar-refractivity contribution in [3.05, 3.63) is 16.6 Å². The Hall–Kier alpha value is -0.0600. The molecule has 0 spiro atoms. The fourth-order valence-corrected chi connectivity index (χ4v) is 3.38. The summed E-state index contributed by atoms with van der Waals surface area (Å²) in [6, 6.07) is 0.718. The molecule has 0 radical (unpaired) electrons. The second kappa shape index (κ2) is 5.87. The van der Waals surface area contributed by atoms with Crippen LogP contribution in [0.1, 0.15) is 31.4 Å². The van der Waals surface area contributed by atoms with Crippen LogP contribution < -0.4 is 5.32 Å². The van der Waals surface area contributed by atoms with E-state index in [4.69, 9.17) is 0 Å². The maximum atomic E-state index is 4.28. The Bertz CT molecular complexity index is 266. The fourth-order valence-electron chi connectivity index (χ4n) is 2.08. The van der Waals surface area contributed by atoms with Gasteiger partial charge in [-0.1, -0.05) is 0 Å². The van der Waals surface area contributed by atoms with Crippen LogP contribution in [-0.2, 0) is 6.54 Å². The summed E-state index contributed by atoms with van der Waals surface area (Å²) in [4.78, 5) is 4.28. The van der Waals surface area contributed by atoms with E-state index in [-0.39, 0.29) is 0 Å². The summed E-state index contributed by atoms with van der Waals surface area (Å²) in [5.41, 5.74) is 3.09. The molecule has 1 aliphatic carbocycles. The van der Waals surface area contributed by atoms with Crippen LogP contribution in [0, 0.1) is 0 Å². The van der Waals surface area contributed by atoms with Gasteiger partial charge in [-0.15, -0.1) is 11.3 Å². The number of hydrogen-bond donors (Lipinski definition) is 1. The average Bonchev–Trinajstić information content (AvgIpc) is 2.80. The molecule has 0 bridgehead atoms. The molecule has 1 aliphatic rings. The Morgan fingerprint density at radius 1 is 1.47 bits per heavy atom. The van der Waals surface area contributed by atoms with Crippen LogP contribution in [0.15, 0.2) is 10.9 Å². The van der Waals surface area contributed by atoms with Gasteiger partial charge in [-0.25, -0.2) is 4.98 Å². The van der Waals surface area contributed by atoms with Crippen molar-refractivity contribution in [2.45, 2.75) is 43.5 Å². The molecular formula is C11H18N2S2. The Balaban J connectivity index is 1.69. The molecule has 4 heteroatoms. The Morgan fingerprint density at radius 2 is 2.27 bits per heavy atom. The standard InChI is InChI=1S/C11H18N2S2/c1-14-11-4-2-9(3-5-11)12-6-10-7-15-8-13-10/h7-9,11-12H,2-6H2,1H3. The minimum Gasteiger partial charge on any atom is -0.308 e. The minimum atomic E-state index is 0.718. The molecule has 2 nitrogen and oxygen atoms in total. The topological polar surface area (TPSA) is 24.9 Å². The first kappa shape index (κ1) is 11.4. The quantitative estimate of drug-likeness (QED) is 0.879. The lowest BCUT2D eigenvalue weighted by Crippen LogP contribution is -2.33. The molecule has 1 heterocycles. The number of aromatic nitrogens is 1. The number of nitrogens with one attached hydrogen (secondary N) is 1. The lowest BCUT2D eigenvalue weighted by Gasteiger charge is -2.27. The predicted octanol–water partition coefficient (Wildman–Crippen LogP) is 2.91. The molecule has 0 amide bonds. The SMILES string of the molecule is CSC1CCC(NCc2cscn2)CC1. The molecule has 1 N–H and O–H groups in total. The van der Waals surface area contributed by atoms with Gasteiger partial charge in [0, 0.05) is 23.2 Å². The maximum Gasteiger partial charge on any atom is 0.0795 e. The summed E-state index contributed by atoms with van der Waals surface area (Å²) in [7, 11) is 0. The zero-order chi connectivity index (χ0) is 10.5. The zero-order valence-electron chi connectivity index (χ0n) is 9.11. The van der Waals surface area contributed by atoms with Crippen molar-refractivity contribution in [1.82, 2.24) is 10.3 Å². The van der Waals surface area contributed by atoms with Crippen molar-refractivity contribution in [2.24, 2.45) is 0 Å². The molecule has 1 aromatic rings. The van der Waals surface area contributed by atoms with Gasteiger partial charge < -0.3 is 5.32 Å². The van der Waals surface area contributed by atoms with Gasteiger partial charge in [0.1, 0.15) is 0 Å². The largest absolute Gasteiger partial charge is 0.308 e. The zero-order valence-corrected chi connectivity index (χ0v) is 10.7. The molecular weight excluding hydrogens is 224 g/mol. The van der Waals surface area contributed by atoms with Crippen LogP contribution in [0.5, 0.6) is 0 Å². The van der Waals surface area contributed by atoms with E-state index in [9.17, 15) is 0 Å². The summed E-state index contributed by atoms with van der Waals surface area (Å²) in [6.07, 6.45) is 7.63. The highest BCUT2D eigenvalue weighted by molar-refractivity contribution is 7.99. The van der Waals surface area contributed by atoms with Gasteiger partial charge in [0.25, 0.3) is 0 Å². The second-order valence-electron chi connectivity index (χ2n) is 4.07. The summed E-state index contributed by atoms with van der Waals surface area (Å²) in [6.45, 7) is 0.943. The Morgan fingerprint density at radius 3 is 2.87 bits per heavy atom. The number of thioether (sulfide) groups is 1. The van der Waals surface area contributed by atoms with Crippen molar-refractivity contribution < 1.29 is 0 Å². The van der Waals surface area contributed by atoms with E-state index in [0.29, 0.717) is 0 Å². The van der Waals surface area contributed by atoms with Crippen molar-refractivity contribution in [3.8, 4) is 0 Å². The van der Waals surface area contributed by atoms with Crippen LogP contribution in [-0.4, -0.2) is 22.5 Å². The normalized spacial score (nSPS) is 26.7. The number of thiazole rings is 1. The van der Waals surface area contributed by atoms with E-state index in [2.05, 4.69) is 21.9 Å².